The molecule has 0 amide bonds. The van der Waals surface area contributed by atoms with Gasteiger partial charge >= 0.3 is 0 Å². The summed E-state index contributed by atoms with van der Waals surface area (Å²) in [4.78, 5) is 14.7. The number of carbonyl (C=O) groups excluding carboxylic acids is 1. The first-order valence-corrected chi connectivity index (χ1v) is 8.15. The van der Waals surface area contributed by atoms with Crippen LogP contribution in [0.2, 0.25) is 0 Å². The summed E-state index contributed by atoms with van der Waals surface area (Å²) in [6.45, 7) is 8.22. The second-order valence-electron chi connectivity index (χ2n) is 5.73. The molecule has 3 N–H and O–H groups in total. The Balaban J connectivity index is 2.40. The number of nitrogens with two attached hydrogens (primary N) is 1. The summed E-state index contributed by atoms with van der Waals surface area (Å²) in [6, 6.07) is 9.54. The van der Waals surface area contributed by atoms with E-state index in [0.29, 0.717) is 0 Å². The predicted octanol–water partition coefficient (Wildman–Crippen LogP) is 5.03. The monoisotopic (exact) mass is 320 g/mol. The summed E-state index contributed by atoms with van der Waals surface area (Å²) in [7, 11) is 0. The number of nitrogens with one attached hydrogen (secondary N) is 1. The summed E-state index contributed by atoms with van der Waals surface area (Å²) in [5.41, 5.74) is 12.0. The number of hydrogen-bond acceptors (Lipinski definition) is 2. The first-order valence-electron chi connectivity index (χ1n) is 8.15. The lowest BCUT2D eigenvalue weighted by Crippen LogP contribution is -1.89. The van der Waals surface area contributed by atoms with E-state index in [1.807, 2.05) is 55.5 Å². The molecule has 124 valence electrons. The van der Waals surface area contributed by atoms with Crippen molar-refractivity contribution in [2.24, 2.45) is 0 Å². The van der Waals surface area contributed by atoms with E-state index >= 15 is 0 Å². The van der Waals surface area contributed by atoms with E-state index in [2.05, 4.69) is 18.5 Å². The van der Waals surface area contributed by atoms with Crippen LogP contribution in [0.3, 0.4) is 0 Å². The summed E-state index contributed by atoms with van der Waals surface area (Å²) in [5, 5.41) is 0. The minimum Gasteiger partial charge on any atom is -0.399 e. The van der Waals surface area contributed by atoms with Gasteiger partial charge in [0.05, 0.1) is 0 Å². The van der Waals surface area contributed by atoms with Crippen molar-refractivity contribution in [1.29, 1.82) is 0 Å². The van der Waals surface area contributed by atoms with Crippen LogP contribution in [-0.2, 0) is 6.42 Å². The Morgan fingerprint density at radius 3 is 2.58 bits per heavy atom. The Hall–Kier alpha value is -2.81. The number of nitrogen functional groups attached to an aromatic ring is 1. The lowest BCUT2D eigenvalue weighted by atomic mass is 10.0. The average molecular weight is 320 g/mol. The van der Waals surface area contributed by atoms with E-state index < -0.39 is 0 Å². The second kappa shape index (κ2) is 8.16. The maximum absolute atomic E-state index is 11.3. The van der Waals surface area contributed by atoms with Gasteiger partial charge in [-0.1, -0.05) is 44.2 Å². The second-order valence-corrected chi connectivity index (χ2v) is 5.73. The molecule has 0 aliphatic heterocycles. The van der Waals surface area contributed by atoms with Crippen molar-refractivity contribution in [3.63, 3.8) is 0 Å². The standard InChI is InChI=1S/C21H24N2O/c1-4-6-17(12-15(3)16-8-10-19(22)11-9-16)21-13-18(14-24)20(23-21)7-5-2/h4,6,8-14,23H,3,5,7,22H2,1-2H3/b6-4-,17-12+. The lowest BCUT2D eigenvalue weighted by Gasteiger charge is -2.05. The van der Waals surface area contributed by atoms with E-state index in [1.54, 1.807) is 0 Å². The smallest absolute Gasteiger partial charge is 0.151 e. The highest BCUT2D eigenvalue weighted by molar-refractivity contribution is 5.88. The van der Waals surface area contributed by atoms with E-state index in [0.717, 1.165) is 58.5 Å². The zero-order valence-corrected chi connectivity index (χ0v) is 14.3. The Bertz CT molecular complexity index is 777. The number of carbonyl (C=O) groups is 1. The van der Waals surface area contributed by atoms with Gasteiger partial charge in [-0.05, 0) is 54.3 Å². The van der Waals surface area contributed by atoms with Crippen LogP contribution in [0, 0.1) is 0 Å². The topological polar surface area (TPSA) is 58.9 Å². The fourth-order valence-corrected chi connectivity index (χ4v) is 2.59. The molecule has 0 unspecified atom stereocenters. The highest BCUT2D eigenvalue weighted by atomic mass is 16.1. The van der Waals surface area contributed by atoms with E-state index in [1.165, 1.54) is 0 Å². The molecule has 0 radical (unpaired) electrons. The molecule has 0 fully saturated rings. The fraction of sp³-hybridized carbons (Fsp3) is 0.190. The summed E-state index contributed by atoms with van der Waals surface area (Å²) in [5.74, 6) is 0. The largest absolute Gasteiger partial charge is 0.399 e. The van der Waals surface area contributed by atoms with Crippen molar-refractivity contribution in [1.82, 2.24) is 4.98 Å². The van der Waals surface area contributed by atoms with Crippen LogP contribution < -0.4 is 5.73 Å². The van der Waals surface area contributed by atoms with Crippen LogP contribution in [-0.4, -0.2) is 11.3 Å². The highest BCUT2D eigenvalue weighted by Gasteiger charge is 2.09. The number of aromatic nitrogens is 1. The van der Waals surface area contributed by atoms with E-state index in [9.17, 15) is 4.79 Å². The Labute approximate surface area is 143 Å². The zero-order valence-electron chi connectivity index (χ0n) is 14.3. The SMILES string of the molecule is C=C(/C=C(\C=C/C)c1cc(C=O)c(CCC)[nH]1)c1ccc(N)cc1. The predicted molar refractivity (Wildman–Crippen MR) is 103 cm³/mol. The number of aldehydes is 1. The molecule has 1 heterocycles. The lowest BCUT2D eigenvalue weighted by molar-refractivity contribution is 0.112. The van der Waals surface area contributed by atoms with Crippen molar-refractivity contribution in [2.75, 3.05) is 5.73 Å². The maximum Gasteiger partial charge on any atom is 0.151 e. The third-order valence-electron chi connectivity index (χ3n) is 3.83. The van der Waals surface area contributed by atoms with Gasteiger partial charge in [0.2, 0.25) is 0 Å². The van der Waals surface area contributed by atoms with Crippen molar-refractivity contribution < 1.29 is 4.79 Å². The van der Waals surface area contributed by atoms with Gasteiger partial charge in [-0.2, -0.15) is 0 Å². The van der Waals surface area contributed by atoms with Gasteiger partial charge < -0.3 is 10.7 Å². The molecule has 0 bridgehead atoms. The van der Waals surface area contributed by atoms with Crippen LogP contribution in [0.1, 0.15) is 47.6 Å². The molecule has 0 saturated carbocycles. The van der Waals surface area contributed by atoms with Gasteiger partial charge in [0.1, 0.15) is 0 Å². The van der Waals surface area contributed by atoms with Crippen molar-refractivity contribution >= 4 is 23.1 Å². The number of aromatic amines is 1. The molecule has 0 aliphatic carbocycles. The third-order valence-corrected chi connectivity index (χ3v) is 3.83. The number of benzene rings is 1. The van der Waals surface area contributed by atoms with Crippen LogP contribution >= 0.6 is 0 Å². The quantitative estimate of drug-likeness (QED) is 0.427. The Morgan fingerprint density at radius 1 is 1.29 bits per heavy atom. The molecule has 0 spiro atoms. The number of allylic oxidation sites excluding steroid dienone is 5. The van der Waals surface area contributed by atoms with Crippen LogP contribution in [0.25, 0.3) is 11.1 Å². The van der Waals surface area contributed by atoms with Gasteiger partial charge in [-0.25, -0.2) is 0 Å². The molecular weight excluding hydrogens is 296 g/mol. The molecule has 24 heavy (non-hydrogen) atoms. The summed E-state index contributed by atoms with van der Waals surface area (Å²) in [6.07, 6.45) is 8.76. The van der Waals surface area contributed by atoms with Crippen LogP contribution in [0.15, 0.2) is 55.1 Å². The first-order chi connectivity index (χ1) is 11.6. The first kappa shape index (κ1) is 17.5. The van der Waals surface area contributed by atoms with E-state index in [-0.39, 0.29) is 0 Å². The molecule has 3 nitrogen and oxygen atoms in total. The molecule has 0 atom stereocenters. The van der Waals surface area contributed by atoms with Crippen molar-refractivity contribution in [3.8, 4) is 0 Å². The van der Waals surface area contributed by atoms with Gasteiger partial charge in [-0.3, -0.25) is 4.79 Å². The van der Waals surface area contributed by atoms with E-state index in [4.69, 9.17) is 5.73 Å². The molecule has 1 aromatic carbocycles. The van der Waals surface area contributed by atoms with Gasteiger partial charge in [0, 0.05) is 22.6 Å². The number of rotatable bonds is 7. The average Bonchev–Trinajstić information content (AvgIpc) is 2.98. The van der Waals surface area contributed by atoms with Crippen molar-refractivity contribution in [3.05, 3.63) is 77.7 Å². The molecule has 2 aromatic rings. The molecule has 3 heteroatoms. The molecule has 0 saturated heterocycles. The van der Waals surface area contributed by atoms with Crippen LogP contribution in [0.5, 0.6) is 0 Å². The highest BCUT2D eigenvalue weighted by Crippen LogP contribution is 2.24. The summed E-state index contributed by atoms with van der Waals surface area (Å²) >= 11 is 0. The maximum atomic E-state index is 11.3. The Kier molecular flexibility index (Phi) is 5.96. The fourth-order valence-electron chi connectivity index (χ4n) is 2.59. The molecule has 0 aliphatic rings. The minimum absolute atomic E-state index is 0.723. The number of aryl methyl sites for hydroxylation is 1. The summed E-state index contributed by atoms with van der Waals surface area (Å²) < 4.78 is 0. The number of anilines is 1. The van der Waals surface area contributed by atoms with Crippen LogP contribution in [0.4, 0.5) is 5.69 Å². The normalized spacial score (nSPS) is 11.8. The van der Waals surface area contributed by atoms with Gasteiger partial charge in [-0.15, -0.1) is 0 Å². The van der Waals surface area contributed by atoms with Gasteiger partial charge in [0.15, 0.2) is 6.29 Å². The van der Waals surface area contributed by atoms with Gasteiger partial charge in [0.25, 0.3) is 0 Å². The molecule has 1 aromatic heterocycles. The zero-order chi connectivity index (χ0) is 17.5. The molecular formula is C21H24N2O. The minimum atomic E-state index is 0.723. The Morgan fingerprint density at radius 2 is 2.00 bits per heavy atom. The van der Waals surface area contributed by atoms with Crippen molar-refractivity contribution in [2.45, 2.75) is 26.7 Å². The number of hydrogen-bond donors (Lipinski definition) is 2. The third kappa shape index (κ3) is 4.13. The molecule has 2 rings (SSSR count). The number of H-pyrrole nitrogens is 1.